The highest BCUT2D eigenvalue weighted by atomic mass is 16.2. The van der Waals surface area contributed by atoms with Crippen LogP contribution in [0.1, 0.15) is 53.4 Å². The molecule has 0 spiro atoms. The van der Waals surface area contributed by atoms with Crippen molar-refractivity contribution in [3.8, 4) is 0 Å². The van der Waals surface area contributed by atoms with Gasteiger partial charge in [-0.05, 0) is 45.4 Å². The van der Waals surface area contributed by atoms with E-state index in [0.717, 1.165) is 25.4 Å². The van der Waals surface area contributed by atoms with Gasteiger partial charge in [-0.3, -0.25) is 4.79 Å². The molecule has 1 amide bonds. The first-order valence-corrected chi connectivity index (χ1v) is 7.05. The lowest BCUT2D eigenvalue weighted by atomic mass is 10.0. The van der Waals surface area contributed by atoms with E-state index in [4.69, 9.17) is 0 Å². The van der Waals surface area contributed by atoms with Gasteiger partial charge in [0.2, 0.25) is 5.91 Å². The Bertz CT molecular complexity index is 234. The quantitative estimate of drug-likeness (QED) is 0.773. The molecule has 100 valence electrons. The maximum Gasteiger partial charge on any atom is 0.239 e. The molecule has 1 rings (SSSR count). The largest absolute Gasteiger partial charge is 0.341 e. The molecule has 1 saturated heterocycles. The summed E-state index contributed by atoms with van der Waals surface area (Å²) >= 11 is 0. The van der Waals surface area contributed by atoms with Crippen LogP contribution in [0.4, 0.5) is 0 Å². The molecule has 1 fully saturated rings. The topological polar surface area (TPSA) is 32.3 Å². The molecule has 0 radical (unpaired) electrons. The number of carbonyl (C=O) groups excluding carboxylic acids is 1. The van der Waals surface area contributed by atoms with Crippen molar-refractivity contribution in [1.29, 1.82) is 0 Å². The maximum absolute atomic E-state index is 12.1. The Labute approximate surface area is 106 Å². The molecule has 0 aromatic heterocycles. The fourth-order valence-electron chi connectivity index (χ4n) is 2.38. The highest BCUT2D eigenvalue weighted by molar-refractivity contribution is 5.81. The zero-order valence-corrected chi connectivity index (χ0v) is 11.8. The van der Waals surface area contributed by atoms with E-state index < -0.39 is 0 Å². The molecule has 2 atom stereocenters. The number of nitrogens with zero attached hydrogens (tertiary/aromatic N) is 1. The van der Waals surface area contributed by atoms with E-state index in [0.29, 0.717) is 6.04 Å². The van der Waals surface area contributed by atoms with E-state index in [-0.39, 0.29) is 11.9 Å². The molecular weight excluding hydrogens is 212 g/mol. The molecule has 0 aromatic carbocycles. The summed E-state index contributed by atoms with van der Waals surface area (Å²) < 4.78 is 0. The third-order valence-corrected chi connectivity index (χ3v) is 3.50. The summed E-state index contributed by atoms with van der Waals surface area (Å²) in [7, 11) is 0. The average molecular weight is 240 g/mol. The van der Waals surface area contributed by atoms with Crippen molar-refractivity contribution in [3.05, 3.63) is 0 Å². The Kier molecular flexibility index (Phi) is 5.96. The Hall–Kier alpha value is -0.570. The van der Waals surface area contributed by atoms with Crippen molar-refractivity contribution in [1.82, 2.24) is 10.2 Å². The highest BCUT2D eigenvalue weighted by Gasteiger charge is 2.23. The van der Waals surface area contributed by atoms with Gasteiger partial charge in [0.25, 0.3) is 0 Å². The Morgan fingerprint density at radius 3 is 2.24 bits per heavy atom. The molecule has 0 saturated carbocycles. The second-order valence-corrected chi connectivity index (χ2v) is 5.79. The van der Waals surface area contributed by atoms with E-state index >= 15 is 0 Å². The molecular formula is C14H28N2O. The molecule has 2 unspecified atom stereocenters. The lowest BCUT2D eigenvalue weighted by Crippen LogP contribution is -2.46. The molecule has 1 heterocycles. The minimum Gasteiger partial charge on any atom is -0.341 e. The van der Waals surface area contributed by atoms with E-state index in [9.17, 15) is 4.79 Å². The number of carbonyl (C=O) groups is 1. The second kappa shape index (κ2) is 7.00. The molecule has 17 heavy (non-hydrogen) atoms. The van der Waals surface area contributed by atoms with Gasteiger partial charge in [-0.15, -0.1) is 0 Å². The van der Waals surface area contributed by atoms with Crippen LogP contribution in [0.3, 0.4) is 0 Å². The van der Waals surface area contributed by atoms with Crippen LogP contribution in [0.5, 0.6) is 0 Å². The van der Waals surface area contributed by atoms with Crippen LogP contribution in [-0.2, 0) is 4.79 Å². The number of nitrogens with one attached hydrogen (secondary N) is 1. The predicted octanol–water partition coefficient (Wildman–Crippen LogP) is 2.41. The van der Waals surface area contributed by atoms with Crippen molar-refractivity contribution < 1.29 is 4.79 Å². The van der Waals surface area contributed by atoms with Gasteiger partial charge in [0.15, 0.2) is 0 Å². The fraction of sp³-hybridized carbons (Fsp3) is 0.929. The first-order chi connectivity index (χ1) is 8.00. The number of hydrogen-bond acceptors (Lipinski definition) is 2. The minimum atomic E-state index is -0.0322. The zero-order valence-electron chi connectivity index (χ0n) is 11.8. The summed E-state index contributed by atoms with van der Waals surface area (Å²) in [6.07, 6.45) is 4.71. The predicted molar refractivity (Wildman–Crippen MR) is 71.9 cm³/mol. The fourth-order valence-corrected chi connectivity index (χ4v) is 2.38. The monoisotopic (exact) mass is 240 g/mol. The summed E-state index contributed by atoms with van der Waals surface area (Å²) in [5, 5.41) is 3.42. The van der Waals surface area contributed by atoms with Crippen LogP contribution in [0.2, 0.25) is 0 Å². The van der Waals surface area contributed by atoms with Gasteiger partial charge in [-0.1, -0.05) is 13.8 Å². The van der Waals surface area contributed by atoms with Crippen molar-refractivity contribution in [2.45, 2.75) is 65.5 Å². The number of hydrogen-bond donors (Lipinski definition) is 1. The smallest absolute Gasteiger partial charge is 0.239 e. The summed E-state index contributed by atoms with van der Waals surface area (Å²) in [6, 6.07) is 0.397. The molecule has 1 aliphatic rings. The first-order valence-electron chi connectivity index (χ1n) is 7.05. The van der Waals surface area contributed by atoms with Crippen molar-refractivity contribution in [2.75, 3.05) is 13.1 Å². The molecule has 1 aliphatic heterocycles. The third kappa shape index (κ3) is 5.07. The van der Waals surface area contributed by atoms with E-state index in [1.165, 1.54) is 19.3 Å². The normalized spacial score (nSPS) is 19.7. The third-order valence-electron chi connectivity index (χ3n) is 3.50. The second-order valence-electron chi connectivity index (χ2n) is 5.79. The Morgan fingerprint density at radius 1 is 1.12 bits per heavy atom. The summed E-state index contributed by atoms with van der Waals surface area (Å²) in [5.74, 6) is 1.02. The number of likely N-dealkylation sites (tertiary alicyclic amines) is 1. The highest BCUT2D eigenvalue weighted by Crippen LogP contribution is 2.11. The molecule has 3 heteroatoms. The first kappa shape index (κ1) is 14.5. The zero-order chi connectivity index (χ0) is 12.8. The van der Waals surface area contributed by atoms with E-state index in [1.807, 2.05) is 11.8 Å². The van der Waals surface area contributed by atoms with Crippen molar-refractivity contribution in [3.63, 3.8) is 0 Å². The van der Waals surface area contributed by atoms with E-state index in [2.05, 4.69) is 26.1 Å². The average Bonchev–Trinajstić information content (AvgIpc) is 2.78. The van der Waals surface area contributed by atoms with Crippen LogP contribution < -0.4 is 5.32 Å². The number of amides is 1. The van der Waals surface area contributed by atoms with Crippen LogP contribution in [-0.4, -0.2) is 36.0 Å². The molecule has 0 bridgehead atoms. The molecule has 1 N–H and O–H groups in total. The summed E-state index contributed by atoms with van der Waals surface area (Å²) in [5.41, 5.74) is 0. The molecule has 3 nitrogen and oxygen atoms in total. The molecule has 0 aromatic rings. The lowest BCUT2D eigenvalue weighted by molar-refractivity contribution is -0.132. The van der Waals surface area contributed by atoms with Gasteiger partial charge in [-0.25, -0.2) is 0 Å². The van der Waals surface area contributed by atoms with Gasteiger partial charge in [0.05, 0.1) is 6.04 Å². The van der Waals surface area contributed by atoms with Crippen LogP contribution in [0.15, 0.2) is 0 Å². The maximum atomic E-state index is 12.1. The van der Waals surface area contributed by atoms with Crippen molar-refractivity contribution >= 4 is 5.91 Å². The summed E-state index contributed by atoms with van der Waals surface area (Å²) in [6.45, 7) is 10.6. The Balaban J connectivity index is 2.27. The van der Waals surface area contributed by atoms with Gasteiger partial charge in [-0.2, -0.15) is 0 Å². The standard InChI is InChI=1S/C14H28N2O/c1-11(2)7-8-12(3)15-13(4)14(17)16-9-5-6-10-16/h11-13,15H,5-10H2,1-4H3. The van der Waals surface area contributed by atoms with Crippen molar-refractivity contribution in [2.24, 2.45) is 5.92 Å². The minimum absolute atomic E-state index is 0.0322. The van der Waals surface area contributed by atoms with Crippen LogP contribution in [0.25, 0.3) is 0 Å². The van der Waals surface area contributed by atoms with Gasteiger partial charge >= 0.3 is 0 Å². The van der Waals surface area contributed by atoms with E-state index in [1.54, 1.807) is 0 Å². The number of rotatable bonds is 6. The Morgan fingerprint density at radius 2 is 1.71 bits per heavy atom. The van der Waals surface area contributed by atoms with Crippen LogP contribution >= 0.6 is 0 Å². The van der Waals surface area contributed by atoms with Crippen LogP contribution in [0, 0.1) is 5.92 Å². The lowest BCUT2D eigenvalue weighted by Gasteiger charge is -2.24. The summed E-state index contributed by atoms with van der Waals surface area (Å²) in [4.78, 5) is 14.1. The SMILES string of the molecule is CC(C)CCC(C)NC(C)C(=O)N1CCCC1. The molecule has 0 aliphatic carbocycles. The van der Waals surface area contributed by atoms with Gasteiger partial charge in [0.1, 0.15) is 0 Å². The van der Waals surface area contributed by atoms with Gasteiger partial charge in [0, 0.05) is 19.1 Å². The van der Waals surface area contributed by atoms with Gasteiger partial charge < -0.3 is 10.2 Å².